The second-order valence-corrected chi connectivity index (χ2v) is 8.87. The van der Waals surface area contributed by atoms with Gasteiger partial charge in [-0.05, 0) is 25.0 Å². The summed E-state index contributed by atoms with van der Waals surface area (Å²) in [5, 5.41) is 3.97. The van der Waals surface area contributed by atoms with E-state index in [0.29, 0.717) is 19.0 Å². The van der Waals surface area contributed by atoms with E-state index >= 15 is 0 Å². The normalized spacial score (nSPS) is 19.4. The van der Waals surface area contributed by atoms with Crippen LogP contribution >= 0.6 is 0 Å². The summed E-state index contributed by atoms with van der Waals surface area (Å²) in [5.41, 5.74) is 2.10. The van der Waals surface area contributed by atoms with Crippen LogP contribution in [0.25, 0.3) is 11.0 Å². The maximum atomic E-state index is 12.7. The number of benzene rings is 1. The molecule has 0 spiro atoms. The van der Waals surface area contributed by atoms with Gasteiger partial charge >= 0.3 is 0 Å². The minimum atomic E-state index is -3.46. The molecule has 1 aliphatic heterocycles. The molecule has 0 unspecified atom stereocenters. The first-order chi connectivity index (χ1) is 12.0. The van der Waals surface area contributed by atoms with Crippen molar-refractivity contribution in [3.8, 4) is 0 Å². The Hall–Kier alpha value is -2.19. The molecule has 25 heavy (non-hydrogen) atoms. The number of para-hydroxylation sites is 2. The van der Waals surface area contributed by atoms with Crippen LogP contribution in [0, 0.1) is 0 Å². The van der Waals surface area contributed by atoms with Gasteiger partial charge in [-0.25, -0.2) is 13.4 Å². The lowest BCUT2D eigenvalue weighted by atomic mass is 10.1. The lowest BCUT2D eigenvalue weighted by molar-refractivity contribution is 0.205. The van der Waals surface area contributed by atoms with E-state index in [1.165, 1.54) is 28.0 Å². The topological polar surface area (TPSA) is 73.0 Å². The van der Waals surface area contributed by atoms with Gasteiger partial charge in [0.25, 0.3) is 0 Å². The highest BCUT2D eigenvalue weighted by atomic mass is 32.2. The molecule has 3 aromatic rings. The zero-order chi connectivity index (χ0) is 17.2. The Labute approximate surface area is 145 Å². The summed E-state index contributed by atoms with van der Waals surface area (Å²) in [6, 6.07) is 8.26. The molecule has 2 aromatic heterocycles. The van der Waals surface area contributed by atoms with Gasteiger partial charge in [0.15, 0.2) is 0 Å². The summed E-state index contributed by atoms with van der Waals surface area (Å²) in [7, 11) is -1.74. The maximum Gasteiger partial charge on any atom is 0.246 e. The van der Waals surface area contributed by atoms with Gasteiger partial charge in [-0.1, -0.05) is 12.1 Å². The Balaban J connectivity index is 1.46. The van der Waals surface area contributed by atoms with Crippen molar-refractivity contribution in [2.24, 2.45) is 7.05 Å². The van der Waals surface area contributed by atoms with Gasteiger partial charge < -0.3 is 4.57 Å². The van der Waals surface area contributed by atoms with Crippen LogP contribution in [0.15, 0.2) is 41.6 Å². The molecule has 0 N–H and O–H groups in total. The number of hydrogen-bond donors (Lipinski definition) is 0. The quantitative estimate of drug-likeness (QED) is 0.715. The Morgan fingerprint density at radius 3 is 2.60 bits per heavy atom. The number of fused-ring (bicyclic) bond motifs is 1. The second kappa shape index (κ2) is 5.15. The summed E-state index contributed by atoms with van der Waals surface area (Å²) in [6.07, 6.45) is 5.30. The molecule has 5 rings (SSSR count). The van der Waals surface area contributed by atoms with Gasteiger partial charge in [0.05, 0.1) is 23.3 Å². The molecule has 3 heterocycles. The van der Waals surface area contributed by atoms with Gasteiger partial charge in [0, 0.05) is 32.3 Å². The average Bonchev–Trinajstić information content (AvgIpc) is 3.18. The first-order valence-electron chi connectivity index (χ1n) is 8.50. The maximum absolute atomic E-state index is 12.7. The fraction of sp³-hybridized carbons (Fsp3) is 0.412. The molecule has 2 aliphatic rings. The largest absolute Gasteiger partial charge is 0.322 e. The molecule has 2 fully saturated rings. The molecule has 0 amide bonds. The third-order valence-electron chi connectivity index (χ3n) is 5.08. The van der Waals surface area contributed by atoms with Crippen LogP contribution in [-0.4, -0.2) is 45.1 Å². The second-order valence-electron chi connectivity index (χ2n) is 6.93. The molecule has 8 heteroatoms. The van der Waals surface area contributed by atoms with Crippen LogP contribution in [0.3, 0.4) is 0 Å². The molecule has 0 radical (unpaired) electrons. The molecule has 7 nitrogen and oxygen atoms in total. The fourth-order valence-electron chi connectivity index (χ4n) is 3.53. The van der Waals surface area contributed by atoms with Crippen molar-refractivity contribution in [3.63, 3.8) is 0 Å². The summed E-state index contributed by atoms with van der Waals surface area (Å²) in [6.45, 7) is 0.967. The molecule has 0 bridgehead atoms. The van der Waals surface area contributed by atoms with Crippen molar-refractivity contribution in [2.45, 2.75) is 29.7 Å². The molecule has 1 saturated heterocycles. The Morgan fingerprint density at radius 1 is 1.16 bits per heavy atom. The molecule has 1 aliphatic carbocycles. The molecule has 130 valence electrons. The highest BCUT2D eigenvalue weighted by molar-refractivity contribution is 7.89. The third-order valence-corrected chi connectivity index (χ3v) is 6.86. The number of sulfonamides is 1. The fourth-order valence-corrected chi connectivity index (χ4v) is 5.03. The lowest BCUT2D eigenvalue weighted by Gasteiger charge is -2.39. The Bertz CT molecular complexity index is 1060. The predicted molar refractivity (Wildman–Crippen MR) is 92.7 cm³/mol. The number of imidazole rings is 1. The van der Waals surface area contributed by atoms with Gasteiger partial charge in [-0.2, -0.15) is 9.40 Å². The molecule has 1 saturated carbocycles. The van der Waals surface area contributed by atoms with E-state index in [1.807, 2.05) is 18.2 Å². The Kier molecular flexibility index (Phi) is 3.11. The minimum absolute atomic E-state index is 0.148. The van der Waals surface area contributed by atoms with E-state index in [9.17, 15) is 8.42 Å². The van der Waals surface area contributed by atoms with Crippen molar-refractivity contribution >= 4 is 21.1 Å². The van der Waals surface area contributed by atoms with Crippen LogP contribution in [-0.2, 0) is 17.1 Å². The van der Waals surface area contributed by atoms with Gasteiger partial charge in [-0.15, -0.1) is 0 Å². The van der Waals surface area contributed by atoms with Crippen molar-refractivity contribution in [2.75, 3.05) is 13.1 Å². The standard InChI is InChI=1S/C17H19N5O2S/c1-20-11-14(8-18-20)25(23,24)21-9-13(10-21)22-16-5-3-2-4-15(16)19-17(22)12-6-7-12/h2-5,8,11-13H,6-7,9-10H2,1H3. The van der Waals surface area contributed by atoms with Crippen LogP contribution in [0.5, 0.6) is 0 Å². The van der Waals surface area contributed by atoms with E-state index in [0.717, 1.165) is 16.9 Å². The van der Waals surface area contributed by atoms with E-state index in [1.54, 1.807) is 13.2 Å². The number of aryl methyl sites for hydroxylation is 1. The molecule has 1 aromatic carbocycles. The van der Waals surface area contributed by atoms with Crippen LogP contribution in [0.4, 0.5) is 0 Å². The lowest BCUT2D eigenvalue weighted by Crippen LogP contribution is -2.50. The smallest absolute Gasteiger partial charge is 0.246 e. The summed E-state index contributed by atoms with van der Waals surface area (Å²) < 4.78 is 30.7. The summed E-state index contributed by atoms with van der Waals surface area (Å²) >= 11 is 0. The van der Waals surface area contributed by atoms with E-state index in [2.05, 4.69) is 15.7 Å². The Morgan fingerprint density at radius 2 is 1.92 bits per heavy atom. The monoisotopic (exact) mass is 357 g/mol. The van der Waals surface area contributed by atoms with Crippen molar-refractivity contribution in [1.29, 1.82) is 0 Å². The minimum Gasteiger partial charge on any atom is -0.322 e. The molecule has 0 atom stereocenters. The van der Waals surface area contributed by atoms with Crippen molar-refractivity contribution in [3.05, 3.63) is 42.5 Å². The van der Waals surface area contributed by atoms with Crippen molar-refractivity contribution < 1.29 is 8.42 Å². The SMILES string of the molecule is Cn1cc(S(=O)(=O)N2CC(n3c(C4CC4)nc4ccccc43)C2)cn1. The van der Waals surface area contributed by atoms with Crippen LogP contribution in [0.2, 0.25) is 0 Å². The van der Waals surface area contributed by atoms with Gasteiger partial charge in [0.1, 0.15) is 10.7 Å². The highest BCUT2D eigenvalue weighted by Crippen LogP contribution is 2.43. The van der Waals surface area contributed by atoms with Crippen LogP contribution < -0.4 is 0 Å². The predicted octanol–water partition coefficient (Wildman–Crippen LogP) is 1.89. The first kappa shape index (κ1) is 15.1. The number of nitrogens with zero attached hydrogens (tertiary/aromatic N) is 5. The van der Waals surface area contributed by atoms with E-state index in [-0.39, 0.29) is 10.9 Å². The van der Waals surface area contributed by atoms with Gasteiger partial charge in [0.2, 0.25) is 10.0 Å². The number of hydrogen-bond acceptors (Lipinski definition) is 4. The third kappa shape index (κ3) is 2.31. The van der Waals surface area contributed by atoms with Crippen molar-refractivity contribution in [1.82, 2.24) is 23.6 Å². The van der Waals surface area contributed by atoms with E-state index in [4.69, 9.17) is 4.98 Å². The average molecular weight is 357 g/mol. The van der Waals surface area contributed by atoms with Gasteiger partial charge in [-0.3, -0.25) is 4.68 Å². The highest BCUT2D eigenvalue weighted by Gasteiger charge is 2.41. The first-order valence-corrected chi connectivity index (χ1v) is 9.94. The molecular weight excluding hydrogens is 338 g/mol. The molecular formula is C17H19N5O2S. The zero-order valence-electron chi connectivity index (χ0n) is 13.9. The van der Waals surface area contributed by atoms with E-state index < -0.39 is 10.0 Å². The summed E-state index contributed by atoms with van der Waals surface area (Å²) in [4.78, 5) is 5.06. The number of rotatable bonds is 4. The number of aromatic nitrogens is 4. The summed E-state index contributed by atoms with van der Waals surface area (Å²) in [5.74, 6) is 1.64. The zero-order valence-corrected chi connectivity index (χ0v) is 14.7. The van der Waals surface area contributed by atoms with Crippen LogP contribution in [0.1, 0.15) is 30.6 Å².